The van der Waals surface area contributed by atoms with E-state index in [1.807, 2.05) is 41.5 Å². The van der Waals surface area contributed by atoms with Gasteiger partial charge in [0.15, 0.2) is 5.41 Å². The van der Waals surface area contributed by atoms with E-state index in [4.69, 9.17) is 14.2 Å². The second-order valence-corrected chi connectivity index (χ2v) is 17.9. The second-order valence-electron chi connectivity index (χ2n) is 17.9. The summed E-state index contributed by atoms with van der Waals surface area (Å²) in [6.07, 6.45) is 31.5. The lowest BCUT2D eigenvalue weighted by atomic mass is 9.77. The van der Waals surface area contributed by atoms with E-state index in [2.05, 4.69) is 20.8 Å². The zero-order valence-electron chi connectivity index (χ0n) is 36.2. The molecule has 0 aliphatic carbocycles. The summed E-state index contributed by atoms with van der Waals surface area (Å²) in [6.45, 7) is 18.3. The summed E-state index contributed by atoms with van der Waals surface area (Å²) in [5.74, 6) is -0.455. The Morgan fingerprint density at radius 3 is 1.17 bits per heavy atom. The fourth-order valence-electron chi connectivity index (χ4n) is 7.07. The number of unbranched alkanes of at least 4 members (excludes halogenated alkanes) is 19. The van der Waals surface area contributed by atoms with Crippen molar-refractivity contribution in [1.29, 1.82) is 0 Å². The van der Waals surface area contributed by atoms with Crippen LogP contribution in [-0.4, -0.2) is 35.7 Å². The quantitative estimate of drug-likeness (QED) is 0.0283. The van der Waals surface area contributed by atoms with Crippen LogP contribution in [0.1, 0.15) is 249 Å². The van der Waals surface area contributed by atoms with Crippen LogP contribution < -0.4 is 0 Å². The molecule has 6 heteroatoms. The van der Waals surface area contributed by atoms with Gasteiger partial charge in [0.1, 0.15) is 11.2 Å². The van der Waals surface area contributed by atoms with Crippen LogP contribution in [0.2, 0.25) is 0 Å². The van der Waals surface area contributed by atoms with Crippen LogP contribution in [-0.2, 0) is 28.6 Å². The third kappa shape index (κ3) is 27.9. The van der Waals surface area contributed by atoms with Crippen LogP contribution in [0.25, 0.3) is 0 Å². The molecule has 6 nitrogen and oxygen atoms in total. The van der Waals surface area contributed by atoms with E-state index in [1.54, 1.807) is 0 Å². The zero-order chi connectivity index (χ0) is 39.1. The standard InChI is InChI=1S/C46H88O6/c1-10-13-16-19-22-23-26-31-37-46(42(48)51-44(4,5)6,43(49)52-45(7,8)9)38-32-27-30-35-41(47)50-39-36-40(33-28-24-20-17-14-11-2)34-29-25-21-18-15-12-3/h40H,10-39H2,1-9H3. The van der Waals surface area contributed by atoms with Gasteiger partial charge in [-0.1, -0.05) is 175 Å². The minimum atomic E-state index is -1.34. The summed E-state index contributed by atoms with van der Waals surface area (Å²) in [4.78, 5) is 40.4. The molecule has 0 N–H and O–H groups in total. The molecule has 0 aliphatic heterocycles. The third-order valence-corrected chi connectivity index (χ3v) is 10.2. The molecular weight excluding hydrogens is 649 g/mol. The maximum atomic E-state index is 13.8. The molecule has 0 bridgehead atoms. The van der Waals surface area contributed by atoms with Crippen LogP contribution in [0.5, 0.6) is 0 Å². The Labute approximate surface area is 323 Å². The molecule has 0 rings (SSSR count). The Kier molecular flexibility index (Phi) is 29.8. The molecule has 0 saturated carbocycles. The topological polar surface area (TPSA) is 78.9 Å². The number of rotatable bonds is 34. The van der Waals surface area contributed by atoms with Crippen LogP contribution in [0, 0.1) is 11.3 Å². The highest BCUT2D eigenvalue weighted by Crippen LogP contribution is 2.38. The van der Waals surface area contributed by atoms with Gasteiger partial charge in [-0.15, -0.1) is 0 Å². The lowest BCUT2D eigenvalue weighted by molar-refractivity contribution is -0.187. The fourth-order valence-corrected chi connectivity index (χ4v) is 7.07. The summed E-state index contributed by atoms with van der Waals surface area (Å²) in [6, 6.07) is 0. The van der Waals surface area contributed by atoms with Gasteiger partial charge in [-0.2, -0.15) is 0 Å². The number of carbonyl (C=O) groups is 3. The van der Waals surface area contributed by atoms with Crippen molar-refractivity contribution in [1.82, 2.24) is 0 Å². The lowest BCUT2D eigenvalue weighted by Crippen LogP contribution is -2.46. The lowest BCUT2D eigenvalue weighted by Gasteiger charge is -2.35. The molecule has 0 fully saturated rings. The summed E-state index contributed by atoms with van der Waals surface area (Å²) >= 11 is 0. The van der Waals surface area contributed by atoms with E-state index >= 15 is 0 Å². The highest BCUT2D eigenvalue weighted by molar-refractivity contribution is 6.00. The normalized spacial score (nSPS) is 12.3. The van der Waals surface area contributed by atoms with Crippen molar-refractivity contribution in [2.75, 3.05) is 6.61 Å². The number of hydrogen-bond acceptors (Lipinski definition) is 6. The largest absolute Gasteiger partial charge is 0.466 e. The molecule has 0 aromatic heterocycles. The van der Waals surface area contributed by atoms with Gasteiger partial charge in [0.2, 0.25) is 0 Å². The van der Waals surface area contributed by atoms with Gasteiger partial charge in [-0.3, -0.25) is 14.4 Å². The molecule has 0 aromatic carbocycles. The van der Waals surface area contributed by atoms with Crippen LogP contribution in [0.4, 0.5) is 0 Å². The minimum Gasteiger partial charge on any atom is -0.466 e. The van der Waals surface area contributed by atoms with Crippen LogP contribution >= 0.6 is 0 Å². The fraction of sp³-hybridized carbons (Fsp3) is 0.935. The second kappa shape index (κ2) is 30.7. The average molecular weight is 737 g/mol. The predicted octanol–water partition coefficient (Wildman–Crippen LogP) is 14.2. The number of ether oxygens (including phenoxy) is 3. The SMILES string of the molecule is CCCCCCCCCCC(CCCCCC(=O)OCCC(CCCCCCCC)CCCCCCCC)(C(=O)OC(C)(C)C)C(=O)OC(C)(C)C. The van der Waals surface area contributed by atoms with Crippen molar-refractivity contribution in [3.05, 3.63) is 0 Å². The van der Waals surface area contributed by atoms with Gasteiger partial charge < -0.3 is 14.2 Å². The van der Waals surface area contributed by atoms with Crippen molar-refractivity contribution < 1.29 is 28.6 Å². The summed E-state index contributed by atoms with van der Waals surface area (Å²) in [7, 11) is 0. The zero-order valence-corrected chi connectivity index (χ0v) is 36.2. The first-order chi connectivity index (χ1) is 24.7. The van der Waals surface area contributed by atoms with Crippen molar-refractivity contribution >= 4 is 17.9 Å². The van der Waals surface area contributed by atoms with Gasteiger partial charge >= 0.3 is 17.9 Å². The first-order valence-electron chi connectivity index (χ1n) is 22.3. The third-order valence-electron chi connectivity index (χ3n) is 10.2. The Bertz CT molecular complexity index is 838. The Hall–Kier alpha value is -1.59. The average Bonchev–Trinajstić information content (AvgIpc) is 3.06. The van der Waals surface area contributed by atoms with Gasteiger partial charge in [0, 0.05) is 6.42 Å². The van der Waals surface area contributed by atoms with Crippen molar-refractivity contribution in [2.45, 2.75) is 260 Å². The molecule has 0 heterocycles. The molecule has 0 radical (unpaired) electrons. The van der Waals surface area contributed by atoms with Crippen molar-refractivity contribution in [3.63, 3.8) is 0 Å². The molecule has 0 aliphatic rings. The van der Waals surface area contributed by atoms with Crippen molar-refractivity contribution in [3.8, 4) is 0 Å². The first kappa shape index (κ1) is 50.4. The van der Waals surface area contributed by atoms with E-state index in [9.17, 15) is 14.4 Å². The Morgan fingerprint density at radius 2 is 0.788 bits per heavy atom. The molecule has 0 saturated heterocycles. The Morgan fingerprint density at radius 1 is 0.442 bits per heavy atom. The molecule has 0 atom stereocenters. The van der Waals surface area contributed by atoms with Gasteiger partial charge in [0.25, 0.3) is 0 Å². The Balaban J connectivity index is 5.13. The van der Waals surface area contributed by atoms with Crippen LogP contribution in [0.3, 0.4) is 0 Å². The molecule has 308 valence electrons. The van der Waals surface area contributed by atoms with E-state index in [0.29, 0.717) is 44.6 Å². The number of hydrogen-bond donors (Lipinski definition) is 0. The summed E-state index contributed by atoms with van der Waals surface area (Å²) in [5, 5.41) is 0. The summed E-state index contributed by atoms with van der Waals surface area (Å²) < 4.78 is 17.5. The molecule has 0 spiro atoms. The van der Waals surface area contributed by atoms with Crippen LogP contribution in [0.15, 0.2) is 0 Å². The van der Waals surface area contributed by atoms with E-state index in [1.165, 1.54) is 122 Å². The minimum absolute atomic E-state index is 0.137. The van der Waals surface area contributed by atoms with E-state index in [-0.39, 0.29) is 5.97 Å². The van der Waals surface area contributed by atoms with Gasteiger partial charge in [-0.25, -0.2) is 0 Å². The van der Waals surface area contributed by atoms with E-state index in [0.717, 1.165) is 32.1 Å². The smallest absolute Gasteiger partial charge is 0.324 e. The molecule has 0 aromatic rings. The maximum absolute atomic E-state index is 13.8. The molecule has 0 unspecified atom stereocenters. The molecule has 52 heavy (non-hydrogen) atoms. The number of carbonyl (C=O) groups excluding carboxylic acids is 3. The van der Waals surface area contributed by atoms with Crippen molar-refractivity contribution in [2.24, 2.45) is 11.3 Å². The number of esters is 3. The molecule has 0 amide bonds. The monoisotopic (exact) mass is 737 g/mol. The van der Waals surface area contributed by atoms with Gasteiger partial charge in [0.05, 0.1) is 6.61 Å². The molecular formula is C46H88O6. The first-order valence-corrected chi connectivity index (χ1v) is 22.3. The summed E-state index contributed by atoms with van der Waals surface area (Å²) in [5.41, 5.74) is -2.77. The predicted molar refractivity (Wildman–Crippen MR) is 219 cm³/mol. The van der Waals surface area contributed by atoms with Gasteiger partial charge in [-0.05, 0) is 73.1 Å². The van der Waals surface area contributed by atoms with E-state index < -0.39 is 28.6 Å². The highest BCUT2D eigenvalue weighted by atomic mass is 16.6. The maximum Gasteiger partial charge on any atom is 0.324 e. The highest BCUT2D eigenvalue weighted by Gasteiger charge is 2.50.